The van der Waals surface area contributed by atoms with Crippen LogP contribution in [0.1, 0.15) is 42.1 Å². The molecule has 30 heavy (non-hydrogen) atoms. The summed E-state index contributed by atoms with van der Waals surface area (Å²) in [6.07, 6.45) is 2.45. The van der Waals surface area contributed by atoms with E-state index < -0.39 is 6.10 Å². The fourth-order valence-electron chi connectivity index (χ4n) is 5.57. The van der Waals surface area contributed by atoms with Crippen molar-refractivity contribution >= 4 is 23.3 Å². The van der Waals surface area contributed by atoms with Crippen LogP contribution < -0.4 is 9.64 Å². The third kappa shape index (κ3) is 2.95. The average molecular weight is 403 g/mol. The zero-order chi connectivity index (χ0) is 21.0. The Balaban J connectivity index is 1.35. The number of hydrogen-bond acceptors (Lipinski definition) is 4. The van der Waals surface area contributed by atoms with E-state index in [1.807, 2.05) is 19.1 Å². The number of nitrogens with zero attached hydrogens (tertiary/aromatic N) is 1. The number of hydrogen-bond donors (Lipinski definition) is 0. The molecule has 154 valence electrons. The lowest BCUT2D eigenvalue weighted by atomic mass is 9.81. The van der Waals surface area contributed by atoms with Gasteiger partial charge in [0.2, 0.25) is 17.6 Å². The molecule has 1 aliphatic heterocycles. The first-order valence-corrected chi connectivity index (χ1v) is 10.7. The molecule has 2 aliphatic carbocycles. The van der Waals surface area contributed by atoms with Gasteiger partial charge in [-0.2, -0.15) is 0 Å². The van der Waals surface area contributed by atoms with Crippen LogP contribution in [0.4, 0.5) is 5.69 Å². The number of carbonyl (C=O) groups is 3. The number of ether oxygens (including phenoxy) is 1. The van der Waals surface area contributed by atoms with E-state index in [1.54, 1.807) is 43.3 Å². The van der Waals surface area contributed by atoms with Crippen molar-refractivity contribution in [1.29, 1.82) is 0 Å². The topological polar surface area (TPSA) is 63.7 Å². The van der Waals surface area contributed by atoms with Gasteiger partial charge < -0.3 is 4.74 Å². The second-order valence-corrected chi connectivity index (χ2v) is 8.88. The van der Waals surface area contributed by atoms with Gasteiger partial charge in [0, 0.05) is 11.6 Å². The number of Topliss-reactive ketones (excluding diaryl/α,β-unsaturated/α-hetero) is 1. The number of carbonyl (C=O) groups excluding carboxylic acids is 3. The fraction of sp³-hybridized carbons (Fsp3) is 0.400. The van der Waals surface area contributed by atoms with Gasteiger partial charge >= 0.3 is 0 Å². The Kier molecular flexibility index (Phi) is 4.49. The van der Waals surface area contributed by atoms with E-state index in [9.17, 15) is 14.4 Å². The molecule has 2 aromatic rings. The maximum atomic E-state index is 13.1. The first-order chi connectivity index (χ1) is 14.4. The normalized spacial score (nSPS) is 28.0. The van der Waals surface area contributed by atoms with Crippen LogP contribution in [-0.4, -0.2) is 23.7 Å². The number of anilines is 1. The second-order valence-electron chi connectivity index (χ2n) is 8.88. The van der Waals surface area contributed by atoms with Crippen LogP contribution in [0.25, 0.3) is 0 Å². The van der Waals surface area contributed by atoms with Crippen molar-refractivity contribution in [1.82, 2.24) is 0 Å². The SMILES string of the molecule is Cc1ccc(C(=O)[C@H](C)Oc2cccc(N3C(=O)[C@@H]4[C@@H]5CC[C@@H](C5)[C@@H]4C3=O)c2)cc1. The summed E-state index contributed by atoms with van der Waals surface area (Å²) in [5.74, 6) is 0.629. The van der Waals surface area contributed by atoms with E-state index >= 15 is 0 Å². The van der Waals surface area contributed by atoms with Crippen LogP contribution in [0.3, 0.4) is 0 Å². The molecule has 0 spiro atoms. The molecule has 2 amide bonds. The van der Waals surface area contributed by atoms with Gasteiger partial charge in [0.15, 0.2) is 6.10 Å². The number of rotatable bonds is 5. The summed E-state index contributed by atoms with van der Waals surface area (Å²) in [7, 11) is 0. The minimum atomic E-state index is -0.678. The Bertz CT molecular complexity index is 1000. The Morgan fingerprint density at radius 3 is 2.27 bits per heavy atom. The van der Waals surface area contributed by atoms with Crippen molar-refractivity contribution in [2.45, 2.75) is 39.2 Å². The van der Waals surface area contributed by atoms with E-state index in [1.165, 1.54) is 4.90 Å². The molecule has 2 saturated carbocycles. The third-order valence-electron chi connectivity index (χ3n) is 7.02. The summed E-state index contributed by atoms with van der Waals surface area (Å²) in [5.41, 5.74) is 2.22. The van der Waals surface area contributed by atoms with Gasteiger partial charge in [-0.1, -0.05) is 35.9 Å². The molecule has 2 aromatic carbocycles. The summed E-state index contributed by atoms with van der Waals surface area (Å²) in [5, 5.41) is 0. The van der Waals surface area contributed by atoms with Crippen molar-refractivity contribution in [2.75, 3.05) is 4.90 Å². The molecular weight excluding hydrogens is 378 g/mol. The van der Waals surface area contributed by atoms with Gasteiger partial charge in [-0.3, -0.25) is 14.4 Å². The summed E-state index contributed by atoms with van der Waals surface area (Å²) < 4.78 is 5.88. The number of ketones is 1. The number of fused-ring (bicyclic) bond motifs is 5. The van der Waals surface area contributed by atoms with Crippen LogP contribution >= 0.6 is 0 Å². The van der Waals surface area contributed by atoms with E-state index in [2.05, 4.69) is 0 Å². The molecule has 0 N–H and O–H groups in total. The molecule has 2 bridgehead atoms. The van der Waals surface area contributed by atoms with Crippen molar-refractivity contribution < 1.29 is 19.1 Å². The maximum absolute atomic E-state index is 13.1. The van der Waals surface area contributed by atoms with E-state index in [0.717, 1.165) is 24.8 Å². The summed E-state index contributed by atoms with van der Waals surface area (Å²) in [4.78, 5) is 40.1. The smallest absolute Gasteiger partial charge is 0.237 e. The number of amides is 2. The quantitative estimate of drug-likeness (QED) is 0.555. The van der Waals surface area contributed by atoms with Crippen LogP contribution in [0.2, 0.25) is 0 Å². The predicted molar refractivity (Wildman–Crippen MR) is 112 cm³/mol. The van der Waals surface area contributed by atoms with Crippen molar-refractivity contribution in [3.63, 3.8) is 0 Å². The second kappa shape index (κ2) is 7.08. The minimum Gasteiger partial charge on any atom is -0.482 e. The van der Waals surface area contributed by atoms with Gasteiger partial charge in [-0.25, -0.2) is 4.90 Å². The molecule has 0 radical (unpaired) electrons. The Labute approximate surface area is 176 Å². The van der Waals surface area contributed by atoms with Crippen molar-refractivity contribution in [3.05, 3.63) is 59.7 Å². The number of benzene rings is 2. The van der Waals surface area contributed by atoms with Gasteiger partial charge in [0.1, 0.15) is 5.75 Å². The Morgan fingerprint density at radius 1 is 1.00 bits per heavy atom. The lowest BCUT2D eigenvalue weighted by molar-refractivity contribution is -0.123. The van der Waals surface area contributed by atoms with Crippen LogP contribution in [0.5, 0.6) is 5.75 Å². The van der Waals surface area contributed by atoms with Crippen molar-refractivity contribution in [3.8, 4) is 5.75 Å². The van der Waals surface area contributed by atoms with Gasteiger partial charge in [0.05, 0.1) is 17.5 Å². The summed E-state index contributed by atoms with van der Waals surface area (Å²) in [6.45, 7) is 3.68. The molecule has 3 fully saturated rings. The monoisotopic (exact) mass is 403 g/mol. The highest BCUT2D eigenvalue weighted by molar-refractivity contribution is 6.22. The Morgan fingerprint density at radius 2 is 1.63 bits per heavy atom. The third-order valence-corrected chi connectivity index (χ3v) is 7.02. The van der Waals surface area contributed by atoms with Gasteiger partial charge in [-0.05, 0) is 57.1 Å². The lowest BCUT2D eigenvalue weighted by Gasteiger charge is -2.19. The lowest BCUT2D eigenvalue weighted by Crippen LogP contribution is -2.32. The largest absolute Gasteiger partial charge is 0.482 e. The molecule has 1 saturated heterocycles. The van der Waals surface area contributed by atoms with Crippen LogP contribution in [0, 0.1) is 30.6 Å². The molecule has 5 rings (SSSR count). The molecule has 0 unspecified atom stereocenters. The van der Waals surface area contributed by atoms with E-state index in [0.29, 0.717) is 28.8 Å². The summed E-state index contributed by atoms with van der Waals surface area (Å²) >= 11 is 0. The minimum absolute atomic E-state index is 0.0712. The van der Waals surface area contributed by atoms with Crippen LogP contribution in [-0.2, 0) is 9.59 Å². The molecule has 1 heterocycles. The fourth-order valence-corrected chi connectivity index (χ4v) is 5.57. The molecular formula is C25H25NO4. The molecule has 5 heteroatoms. The standard InChI is InChI=1S/C25H25NO4/c1-14-6-8-16(9-7-14)23(27)15(2)30-20-5-3-4-19(13-20)26-24(28)21-17-10-11-18(12-17)22(21)25(26)29/h3-9,13,15,17-18,21-22H,10-12H2,1-2H3/t15-,17-,18+,21-,22+/m0/s1. The Hall–Kier alpha value is -2.95. The summed E-state index contributed by atoms with van der Waals surface area (Å²) in [6, 6.07) is 14.3. The number of aryl methyl sites for hydroxylation is 1. The molecule has 5 nitrogen and oxygen atoms in total. The molecule has 0 aromatic heterocycles. The predicted octanol–water partition coefficient (Wildman–Crippen LogP) is 4.18. The first kappa shape index (κ1) is 19.0. The first-order valence-electron chi connectivity index (χ1n) is 10.7. The highest BCUT2D eigenvalue weighted by Gasteiger charge is 2.61. The molecule has 3 aliphatic rings. The van der Waals surface area contributed by atoms with E-state index in [-0.39, 0.29) is 29.4 Å². The highest BCUT2D eigenvalue weighted by atomic mass is 16.5. The van der Waals surface area contributed by atoms with Gasteiger partial charge in [-0.15, -0.1) is 0 Å². The molecule has 5 atom stereocenters. The zero-order valence-electron chi connectivity index (χ0n) is 17.2. The van der Waals surface area contributed by atoms with Crippen LogP contribution in [0.15, 0.2) is 48.5 Å². The van der Waals surface area contributed by atoms with Crippen molar-refractivity contribution in [2.24, 2.45) is 23.7 Å². The zero-order valence-corrected chi connectivity index (χ0v) is 17.2. The number of imide groups is 1. The average Bonchev–Trinajstić information content (AvgIpc) is 3.42. The van der Waals surface area contributed by atoms with E-state index in [4.69, 9.17) is 4.74 Å². The van der Waals surface area contributed by atoms with Gasteiger partial charge in [0.25, 0.3) is 0 Å². The maximum Gasteiger partial charge on any atom is 0.237 e. The highest BCUT2D eigenvalue weighted by Crippen LogP contribution is 2.56.